The zero-order valence-corrected chi connectivity index (χ0v) is 8.97. The molecule has 0 bridgehead atoms. The average molecular weight is 242 g/mol. The van der Waals surface area contributed by atoms with Crippen LogP contribution in [0.4, 0.5) is 4.39 Å². The van der Waals surface area contributed by atoms with Gasteiger partial charge in [0.1, 0.15) is 4.88 Å². The summed E-state index contributed by atoms with van der Waals surface area (Å²) in [6.07, 6.45) is 0. The first-order chi connectivity index (χ1) is 7.54. The molecule has 0 saturated heterocycles. The number of halogens is 1. The van der Waals surface area contributed by atoms with Gasteiger partial charge in [0.25, 0.3) is 0 Å². The molecule has 4 nitrogen and oxygen atoms in total. The largest absolute Gasteiger partial charge is 0.502 e. The standard InChI is InChI=1S/C10H7FO4S/c1-15-5-3-6-4(8(11)9(5)12)2-7(16-6)10(13)14/h2-3,12H,1H3,(H,13,14). The Hall–Kier alpha value is -1.82. The Kier molecular flexibility index (Phi) is 2.43. The summed E-state index contributed by atoms with van der Waals surface area (Å²) in [4.78, 5) is 10.7. The van der Waals surface area contributed by atoms with Crippen LogP contribution in [0, 0.1) is 5.82 Å². The fourth-order valence-electron chi connectivity index (χ4n) is 1.37. The van der Waals surface area contributed by atoms with E-state index in [0.29, 0.717) is 4.70 Å². The van der Waals surface area contributed by atoms with Crippen molar-refractivity contribution in [2.24, 2.45) is 0 Å². The summed E-state index contributed by atoms with van der Waals surface area (Å²) in [6, 6.07) is 2.60. The molecule has 0 atom stereocenters. The molecule has 84 valence electrons. The molecule has 0 aliphatic rings. The number of phenols is 1. The molecular weight excluding hydrogens is 235 g/mol. The predicted molar refractivity (Wildman–Crippen MR) is 57.0 cm³/mol. The number of aromatic carboxylic acids is 1. The second-order valence-corrected chi connectivity index (χ2v) is 4.15. The highest BCUT2D eigenvalue weighted by Crippen LogP contribution is 2.38. The minimum atomic E-state index is -1.13. The fraction of sp³-hybridized carbons (Fsp3) is 0.100. The van der Waals surface area contributed by atoms with Crippen LogP contribution >= 0.6 is 11.3 Å². The Morgan fingerprint density at radius 1 is 1.50 bits per heavy atom. The van der Waals surface area contributed by atoms with Gasteiger partial charge in [0.2, 0.25) is 0 Å². The molecule has 2 rings (SSSR count). The summed E-state index contributed by atoms with van der Waals surface area (Å²) in [5.74, 6) is -2.61. The number of rotatable bonds is 2. The molecule has 0 aliphatic heterocycles. The highest BCUT2D eigenvalue weighted by atomic mass is 32.1. The average Bonchev–Trinajstić information content (AvgIpc) is 2.67. The molecule has 2 aromatic rings. The van der Waals surface area contributed by atoms with Crippen LogP contribution in [0.1, 0.15) is 9.67 Å². The van der Waals surface area contributed by atoms with E-state index in [1.807, 2.05) is 0 Å². The van der Waals surface area contributed by atoms with Gasteiger partial charge in [-0.15, -0.1) is 11.3 Å². The molecule has 0 amide bonds. The minimum Gasteiger partial charge on any atom is -0.502 e. The summed E-state index contributed by atoms with van der Waals surface area (Å²) in [5.41, 5.74) is 0. The van der Waals surface area contributed by atoms with E-state index in [4.69, 9.17) is 9.84 Å². The molecule has 1 aromatic carbocycles. The van der Waals surface area contributed by atoms with Gasteiger partial charge in [0, 0.05) is 16.2 Å². The topological polar surface area (TPSA) is 66.8 Å². The molecule has 0 spiro atoms. The van der Waals surface area contributed by atoms with Gasteiger partial charge in [-0.3, -0.25) is 0 Å². The van der Waals surface area contributed by atoms with Crippen molar-refractivity contribution in [2.45, 2.75) is 0 Å². The van der Waals surface area contributed by atoms with Gasteiger partial charge in [-0.2, -0.15) is 0 Å². The first kappa shape index (κ1) is 10.7. The molecule has 0 radical (unpaired) electrons. The fourth-order valence-corrected chi connectivity index (χ4v) is 2.29. The maximum absolute atomic E-state index is 13.6. The number of hydrogen-bond donors (Lipinski definition) is 2. The predicted octanol–water partition coefficient (Wildman–Crippen LogP) is 2.45. The lowest BCUT2D eigenvalue weighted by Crippen LogP contribution is -1.89. The maximum atomic E-state index is 13.6. The van der Waals surface area contributed by atoms with Crippen LogP contribution in [0.15, 0.2) is 12.1 Å². The lowest BCUT2D eigenvalue weighted by Gasteiger charge is -2.04. The molecule has 0 unspecified atom stereocenters. The van der Waals surface area contributed by atoms with Gasteiger partial charge >= 0.3 is 5.97 Å². The number of phenolic OH excluding ortho intramolecular Hbond substituents is 1. The highest BCUT2D eigenvalue weighted by Gasteiger charge is 2.17. The lowest BCUT2D eigenvalue weighted by molar-refractivity contribution is 0.0702. The number of hydrogen-bond acceptors (Lipinski definition) is 4. The maximum Gasteiger partial charge on any atom is 0.345 e. The van der Waals surface area contributed by atoms with Gasteiger partial charge in [-0.25, -0.2) is 9.18 Å². The summed E-state index contributed by atoms with van der Waals surface area (Å²) in [7, 11) is 1.30. The SMILES string of the molecule is COc1cc2sc(C(=O)O)cc2c(F)c1O. The quantitative estimate of drug-likeness (QED) is 0.848. The van der Waals surface area contributed by atoms with Crippen molar-refractivity contribution < 1.29 is 24.1 Å². The smallest absolute Gasteiger partial charge is 0.345 e. The summed E-state index contributed by atoms with van der Waals surface area (Å²) >= 11 is 0.927. The van der Waals surface area contributed by atoms with Crippen LogP contribution in [0.2, 0.25) is 0 Å². The summed E-state index contributed by atoms with van der Waals surface area (Å²) in [5, 5.41) is 18.3. The van der Waals surface area contributed by atoms with Crippen molar-refractivity contribution in [1.82, 2.24) is 0 Å². The van der Waals surface area contributed by atoms with Crippen molar-refractivity contribution in [3.05, 3.63) is 22.8 Å². The van der Waals surface area contributed by atoms with E-state index in [2.05, 4.69) is 0 Å². The van der Waals surface area contributed by atoms with E-state index in [-0.39, 0.29) is 16.0 Å². The Bertz CT molecular complexity index is 576. The van der Waals surface area contributed by atoms with Gasteiger partial charge in [0.05, 0.1) is 7.11 Å². The van der Waals surface area contributed by atoms with Gasteiger partial charge in [-0.1, -0.05) is 0 Å². The Morgan fingerprint density at radius 2 is 2.19 bits per heavy atom. The van der Waals surface area contributed by atoms with Gasteiger partial charge in [-0.05, 0) is 6.07 Å². The van der Waals surface area contributed by atoms with Crippen molar-refractivity contribution >= 4 is 27.4 Å². The number of thiophene rings is 1. The molecule has 16 heavy (non-hydrogen) atoms. The number of aromatic hydroxyl groups is 1. The molecule has 6 heteroatoms. The van der Waals surface area contributed by atoms with E-state index < -0.39 is 17.5 Å². The van der Waals surface area contributed by atoms with Crippen LogP contribution < -0.4 is 4.74 Å². The van der Waals surface area contributed by atoms with Crippen molar-refractivity contribution in [1.29, 1.82) is 0 Å². The number of carboxylic acids is 1. The van der Waals surface area contributed by atoms with Gasteiger partial charge < -0.3 is 14.9 Å². The third-order valence-electron chi connectivity index (χ3n) is 2.13. The zero-order valence-electron chi connectivity index (χ0n) is 8.15. The molecule has 1 aromatic heterocycles. The molecule has 1 heterocycles. The number of carbonyl (C=O) groups is 1. The second-order valence-electron chi connectivity index (χ2n) is 3.07. The molecule has 0 aliphatic carbocycles. The van der Waals surface area contributed by atoms with Crippen LogP contribution in [-0.4, -0.2) is 23.3 Å². The normalized spacial score (nSPS) is 10.6. The van der Waals surface area contributed by atoms with Crippen LogP contribution in [0.3, 0.4) is 0 Å². The monoisotopic (exact) mass is 242 g/mol. The molecule has 0 saturated carbocycles. The van der Waals surface area contributed by atoms with E-state index in [1.165, 1.54) is 19.2 Å². The van der Waals surface area contributed by atoms with Crippen LogP contribution in [0.25, 0.3) is 10.1 Å². The first-order valence-electron chi connectivity index (χ1n) is 4.27. The number of carboxylic acid groups (broad SMARTS) is 1. The van der Waals surface area contributed by atoms with E-state index in [1.54, 1.807) is 0 Å². The summed E-state index contributed by atoms with van der Waals surface area (Å²) < 4.78 is 18.8. The highest BCUT2D eigenvalue weighted by molar-refractivity contribution is 7.20. The van der Waals surface area contributed by atoms with Gasteiger partial charge in [0.15, 0.2) is 17.3 Å². The number of benzene rings is 1. The lowest BCUT2D eigenvalue weighted by atomic mass is 10.2. The number of ether oxygens (including phenoxy) is 1. The third kappa shape index (κ3) is 1.47. The van der Waals surface area contributed by atoms with Crippen molar-refractivity contribution in [3.8, 4) is 11.5 Å². The van der Waals surface area contributed by atoms with Crippen molar-refractivity contribution in [3.63, 3.8) is 0 Å². The number of fused-ring (bicyclic) bond motifs is 1. The van der Waals surface area contributed by atoms with Crippen LogP contribution in [-0.2, 0) is 0 Å². The third-order valence-corrected chi connectivity index (χ3v) is 3.20. The first-order valence-corrected chi connectivity index (χ1v) is 5.08. The minimum absolute atomic E-state index is 0.0104. The van der Waals surface area contributed by atoms with Crippen LogP contribution in [0.5, 0.6) is 11.5 Å². The van der Waals surface area contributed by atoms with E-state index in [0.717, 1.165) is 11.3 Å². The second kappa shape index (κ2) is 3.64. The molecular formula is C10H7FO4S. The Morgan fingerprint density at radius 3 is 2.75 bits per heavy atom. The molecule has 2 N–H and O–H groups in total. The zero-order chi connectivity index (χ0) is 11.9. The Balaban J connectivity index is 2.77. The Labute approximate surface area is 93.5 Å². The van der Waals surface area contributed by atoms with E-state index in [9.17, 15) is 14.3 Å². The molecule has 0 fully saturated rings. The summed E-state index contributed by atoms with van der Waals surface area (Å²) in [6.45, 7) is 0. The number of methoxy groups -OCH3 is 1. The van der Waals surface area contributed by atoms with Crippen molar-refractivity contribution in [2.75, 3.05) is 7.11 Å². The van der Waals surface area contributed by atoms with E-state index >= 15 is 0 Å².